The van der Waals surface area contributed by atoms with Gasteiger partial charge in [-0.25, -0.2) is 0 Å². The lowest BCUT2D eigenvalue weighted by Gasteiger charge is -2.24. The first kappa shape index (κ1) is 19.2. The standard InChI is InChI=1S/C23H26N4O2/c1-16-12-13-27(26-16)21-10-8-19(9-11-21)22(28)24-15-17-4-2-7-20(14-17)25-23(29)18-5-3-6-18/h2,4,7-11,14,18H,3,5-6,12-13,15H2,1H3,(H,24,28)(H,25,29). The number of carbonyl (C=O) groups excluding carboxylic acids is 2. The molecule has 2 aromatic rings. The quantitative estimate of drug-likeness (QED) is 0.785. The van der Waals surface area contributed by atoms with Crippen molar-refractivity contribution in [1.29, 1.82) is 0 Å². The van der Waals surface area contributed by atoms with Gasteiger partial charge in [-0.3, -0.25) is 14.6 Å². The van der Waals surface area contributed by atoms with Crippen molar-refractivity contribution in [3.8, 4) is 0 Å². The number of hydrogen-bond donors (Lipinski definition) is 2. The molecule has 6 heteroatoms. The van der Waals surface area contributed by atoms with Gasteiger partial charge < -0.3 is 10.6 Å². The van der Waals surface area contributed by atoms with Crippen LogP contribution >= 0.6 is 0 Å². The maximum atomic E-state index is 12.5. The second kappa shape index (κ2) is 8.47. The van der Waals surface area contributed by atoms with Crippen LogP contribution in [0.25, 0.3) is 0 Å². The number of nitrogens with one attached hydrogen (secondary N) is 2. The molecule has 0 spiro atoms. The Morgan fingerprint density at radius 1 is 1.14 bits per heavy atom. The molecule has 0 aromatic heterocycles. The third kappa shape index (κ3) is 4.65. The molecule has 0 saturated heterocycles. The summed E-state index contributed by atoms with van der Waals surface area (Å²) in [6, 6.07) is 15.1. The first-order valence-corrected chi connectivity index (χ1v) is 10.2. The minimum Gasteiger partial charge on any atom is -0.348 e. The van der Waals surface area contributed by atoms with E-state index in [0.29, 0.717) is 12.1 Å². The average molecular weight is 390 g/mol. The SMILES string of the molecule is CC1=NN(c2ccc(C(=O)NCc3cccc(NC(=O)C4CCC4)c3)cc2)CC1. The first-order chi connectivity index (χ1) is 14.1. The maximum absolute atomic E-state index is 12.5. The Morgan fingerprint density at radius 3 is 2.59 bits per heavy atom. The summed E-state index contributed by atoms with van der Waals surface area (Å²) in [5, 5.41) is 12.4. The second-order valence-corrected chi connectivity index (χ2v) is 7.76. The molecule has 1 saturated carbocycles. The highest BCUT2D eigenvalue weighted by molar-refractivity contribution is 5.95. The van der Waals surface area contributed by atoms with Crippen LogP contribution in [-0.2, 0) is 11.3 Å². The molecule has 0 atom stereocenters. The van der Waals surface area contributed by atoms with Crippen molar-refractivity contribution in [2.75, 3.05) is 16.9 Å². The minimum absolute atomic E-state index is 0.0926. The normalized spacial score (nSPS) is 16.2. The summed E-state index contributed by atoms with van der Waals surface area (Å²) in [4.78, 5) is 24.6. The van der Waals surface area contributed by atoms with Crippen LogP contribution < -0.4 is 15.6 Å². The van der Waals surface area contributed by atoms with E-state index in [1.807, 2.05) is 60.5 Å². The van der Waals surface area contributed by atoms with Crippen molar-refractivity contribution in [3.05, 3.63) is 59.7 Å². The van der Waals surface area contributed by atoms with E-state index in [4.69, 9.17) is 0 Å². The molecule has 1 aliphatic heterocycles. The van der Waals surface area contributed by atoms with Crippen LogP contribution in [0.3, 0.4) is 0 Å². The van der Waals surface area contributed by atoms with E-state index in [-0.39, 0.29) is 17.7 Å². The fraction of sp³-hybridized carbons (Fsp3) is 0.348. The minimum atomic E-state index is -0.124. The highest BCUT2D eigenvalue weighted by Crippen LogP contribution is 2.27. The predicted molar refractivity (Wildman–Crippen MR) is 115 cm³/mol. The zero-order valence-corrected chi connectivity index (χ0v) is 16.6. The lowest BCUT2D eigenvalue weighted by molar-refractivity contribution is -0.122. The van der Waals surface area contributed by atoms with Crippen molar-refractivity contribution in [2.45, 2.75) is 39.2 Å². The molecule has 2 aliphatic rings. The van der Waals surface area contributed by atoms with E-state index in [1.54, 1.807) is 0 Å². The Balaban J connectivity index is 1.32. The van der Waals surface area contributed by atoms with Crippen LogP contribution in [0.5, 0.6) is 0 Å². The van der Waals surface area contributed by atoms with Crippen LogP contribution in [0.2, 0.25) is 0 Å². The fourth-order valence-corrected chi connectivity index (χ4v) is 3.50. The van der Waals surface area contributed by atoms with Gasteiger partial charge in [-0.05, 0) is 61.7 Å². The molecule has 150 valence electrons. The number of anilines is 2. The van der Waals surface area contributed by atoms with Gasteiger partial charge in [0.2, 0.25) is 5.91 Å². The van der Waals surface area contributed by atoms with E-state index >= 15 is 0 Å². The van der Waals surface area contributed by atoms with E-state index < -0.39 is 0 Å². The molecule has 1 fully saturated rings. The number of amides is 2. The molecule has 0 radical (unpaired) electrons. The zero-order valence-electron chi connectivity index (χ0n) is 16.6. The highest BCUT2D eigenvalue weighted by atomic mass is 16.2. The lowest BCUT2D eigenvalue weighted by Crippen LogP contribution is -2.28. The van der Waals surface area contributed by atoms with Gasteiger partial charge in [0, 0.05) is 42.4 Å². The Bertz CT molecular complexity index is 932. The number of hydrogen-bond acceptors (Lipinski definition) is 4. The number of benzene rings is 2. The van der Waals surface area contributed by atoms with E-state index in [2.05, 4.69) is 15.7 Å². The monoisotopic (exact) mass is 390 g/mol. The van der Waals surface area contributed by atoms with Crippen LogP contribution in [0, 0.1) is 5.92 Å². The third-order valence-corrected chi connectivity index (χ3v) is 5.53. The van der Waals surface area contributed by atoms with E-state index in [9.17, 15) is 9.59 Å². The summed E-state index contributed by atoms with van der Waals surface area (Å²) in [7, 11) is 0. The van der Waals surface area contributed by atoms with Crippen LogP contribution in [0.4, 0.5) is 11.4 Å². The van der Waals surface area contributed by atoms with Gasteiger partial charge >= 0.3 is 0 Å². The summed E-state index contributed by atoms with van der Waals surface area (Å²) in [6.45, 7) is 3.31. The molecule has 2 aromatic carbocycles. The lowest BCUT2D eigenvalue weighted by atomic mass is 9.85. The maximum Gasteiger partial charge on any atom is 0.251 e. The molecular weight excluding hydrogens is 364 g/mol. The molecule has 6 nitrogen and oxygen atoms in total. The van der Waals surface area contributed by atoms with Gasteiger partial charge in [0.25, 0.3) is 5.91 Å². The number of nitrogens with zero attached hydrogens (tertiary/aromatic N) is 2. The highest BCUT2D eigenvalue weighted by Gasteiger charge is 2.25. The van der Waals surface area contributed by atoms with Crippen molar-refractivity contribution in [2.24, 2.45) is 11.0 Å². The van der Waals surface area contributed by atoms with Crippen molar-refractivity contribution >= 4 is 28.9 Å². The van der Waals surface area contributed by atoms with E-state index in [1.165, 1.54) is 0 Å². The summed E-state index contributed by atoms with van der Waals surface area (Å²) in [5.74, 6) is 0.119. The van der Waals surface area contributed by atoms with Crippen molar-refractivity contribution in [3.63, 3.8) is 0 Å². The van der Waals surface area contributed by atoms with Crippen LogP contribution in [-0.4, -0.2) is 24.1 Å². The fourth-order valence-electron chi connectivity index (χ4n) is 3.50. The van der Waals surface area contributed by atoms with Crippen molar-refractivity contribution in [1.82, 2.24) is 5.32 Å². The molecule has 1 aliphatic carbocycles. The topological polar surface area (TPSA) is 73.8 Å². The molecular formula is C23H26N4O2. The smallest absolute Gasteiger partial charge is 0.251 e. The van der Waals surface area contributed by atoms with Gasteiger partial charge in [0.15, 0.2) is 0 Å². The van der Waals surface area contributed by atoms with Gasteiger partial charge in [0.1, 0.15) is 0 Å². The van der Waals surface area contributed by atoms with E-state index in [0.717, 1.165) is 54.9 Å². The molecule has 2 N–H and O–H groups in total. The third-order valence-electron chi connectivity index (χ3n) is 5.53. The molecule has 4 rings (SSSR count). The molecule has 0 unspecified atom stereocenters. The average Bonchev–Trinajstić information content (AvgIpc) is 3.11. The van der Waals surface area contributed by atoms with Gasteiger partial charge in [-0.2, -0.15) is 5.10 Å². The first-order valence-electron chi connectivity index (χ1n) is 10.2. The summed E-state index contributed by atoms with van der Waals surface area (Å²) in [6.07, 6.45) is 4.06. The number of carbonyl (C=O) groups is 2. The molecule has 29 heavy (non-hydrogen) atoms. The number of hydrazone groups is 1. The van der Waals surface area contributed by atoms with Crippen molar-refractivity contribution < 1.29 is 9.59 Å². The van der Waals surface area contributed by atoms with Crippen LogP contribution in [0.1, 0.15) is 48.5 Å². The Labute approximate surface area is 171 Å². The van der Waals surface area contributed by atoms with Gasteiger partial charge in [-0.15, -0.1) is 0 Å². The predicted octanol–water partition coefficient (Wildman–Crippen LogP) is 3.94. The van der Waals surface area contributed by atoms with Gasteiger partial charge in [-0.1, -0.05) is 18.6 Å². The summed E-state index contributed by atoms with van der Waals surface area (Å²) < 4.78 is 0. The molecule has 1 heterocycles. The Kier molecular flexibility index (Phi) is 5.60. The zero-order chi connectivity index (χ0) is 20.2. The largest absolute Gasteiger partial charge is 0.348 e. The second-order valence-electron chi connectivity index (χ2n) is 7.76. The summed E-state index contributed by atoms with van der Waals surface area (Å²) in [5.41, 5.74) is 4.46. The number of rotatable bonds is 6. The summed E-state index contributed by atoms with van der Waals surface area (Å²) >= 11 is 0. The molecule has 2 amide bonds. The Hall–Kier alpha value is -3.15. The van der Waals surface area contributed by atoms with Crippen LogP contribution in [0.15, 0.2) is 53.6 Å². The van der Waals surface area contributed by atoms with Gasteiger partial charge in [0.05, 0.1) is 5.69 Å². The Morgan fingerprint density at radius 2 is 1.93 bits per heavy atom. The molecule has 0 bridgehead atoms.